The minimum absolute atomic E-state index is 0.0368. The van der Waals surface area contributed by atoms with Crippen molar-refractivity contribution in [1.29, 1.82) is 0 Å². The molecule has 0 saturated heterocycles. The predicted molar refractivity (Wildman–Crippen MR) is 101 cm³/mol. The number of benzene rings is 1. The number of ether oxygens (including phenoxy) is 1. The van der Waals surface area contributed by atoms with Crippen LogP contribution < -0.4 is 15.4 Å². The first-order valence-corrected chi connectivity index (χ1v) is 8.90. The minimum Gasteiger partial charge on any atom is -0.489 e. The van der Waals surface area contributed by atoms with Crippen molar-refractivity contribution in [3.05, 3.63) is 45.4 Å². The van der Waals surface area contributed by atoms with Gasteiger partial charge >= 0.3 is 0 Å². The molecule has 130 valence electrons. The quantitative estimate of drug-likeness (QED) is 0.623. The van der Waals surface area contributed by atoms with E-state index in [1.165, 1.54) is 10.4 Å². The number of aromatic nitrogens is 1. The SMILES string of the molecule is CN=C(NCc1nc(C)c(C)s1)NCC(C)Oc1cccc(C)c1. The molecule has 1 atom stereocenters. The summed E-state index contributed by atoms with van der Waals surface area (Å²) < 4.78 is 5.92. The fourth-order valence-electron chi connectivity index (χ4n) is 2.20. The Bertz CT molecular complexity index is 677. The summed E-state index contributed by atoms with van der Waals surface area (Å²) in [6, 6.07) is 8.08. The summed E-state index contributed by atoms with van der Waals surface area (Å²) in [4.78, 5) is 10.0. The second-order valence-electron chi connectivity index (χ2n) is 5.80. The highest BCUT2D eigenvalue weighted by molar-refractivity contribution is 7.11. The van der Waals surface area contributed by atoms with Crippen LogP contribution in [0.4, 0.5) is 0 Å². The van der Waals surface area contributed by atoms with Crippen LogP contribution in [0.2, 0.25) is 0 Å². The highest BCUT2D eigenvalue weighted by Crippen LogP contribution is 2.16. The lowest BCUT2D eigenvalue weighted by Crippen LogP contribution is -2.41. The third-order valence-corrected chi connectivity index (χ3v) is 4.66. The Morgan fingerprint density at radius 3 is 2.71 bits per heavy atom. The molecule has 0 amide bonds. The highest BCUT2D eigenvalue weighted by Gasteiger charge is 2.07. The van der Waals surface area contributed by atoms with E-state index in [0.717, 1.165) is 22.4 Å². The Balaban J connectivity index is 1.78. The Morgan fingerprint density at radius 1 is 1.29 bits per heavy atom. The van der Waals surface area contributed by atoms with Crippen LogP contribution in [-0.4, -0.2) is 30.6 Å². The van der Waals surface area contributed by atoms with Crippen molar-refractivity contribution < 1.29 is 4.74 Å². The van der Waals surface area contributed by atoms with E-state index in [-0.39, 0.29) is 6.10 Å². The van der Waals surface area contributed by atoms with E-state index in [1.54, 1.807) is 18.4 Å². The normalized spacial score (nSPS) is 12.8. The lowest BCUT2D eigenvalue weighted by Gasteiger charge is -2.17. The van der Waals surface area contributed by atoms with Gasteiger partial charge in [-0.05, 0) is 45.4 Å². The Kier molecular flexibility index (Phi) is 6.61. The fraction of sp³-hybridized carbons (Fsp3) is 0.444. The van der Waals surface area contributed by atoms with Crippen LogP contribution in [0.15, 0.2) is 29.3 Å². The van der Waals surface area contributed by atoms with Gasteiger partial charge in [-0.3, -0.25) is 4.99 Å². The molecule has 1 aromatic heterocycles. The molecule has 5 nitrogen and oxygen atoms in total. The van der Waals surface area contributed by atoms with Gasteiger partial charge in [0.1, 0.15) is 16.9 Å². The van der Waals surface area contributed by atoms with Gasteiger partial charge in [-0.15, -0.1) is 11.3 Å². The molecule has 1 heterocycles. The summed E-state index contributed by atoms with van der Waals surface area (Å²) in [5, 5.41) is 7.64. The van der Waals surface area contributed by atoms with E-state index in [1.807, 2.05) is 32.0 Å². The second kappa shape index (κ2) is 8.68. The zero-order chi connectivity index (χ0) is 17.5. The first-order valence-electron chi connectivity index (χ1n) is 8.08. The molecular formula is C18H26N4OS. The number of rotatable bonds is 6. The molecule has 0 saturated carbocycles. The van der Waals surface area contributed by atoms with E-state index in [4.69, 9.17) is 4.74 Å². The van der Waals surface area contributed by atoms with Crippen molar-refractivity contribution in [3.63, 3.8) is 0 Å². The van der Waals surface area contributed by atoms with Gasteiger partial charge in [0, 0.05) is 11.9 Å². The second-order valence-corrected chi connectivity index (χ2v) is 7.09. The van der Waals surface area contributed by atoms with E-state index in [9.17, 15) is 0 Å². The zero-order valence-corrected chi connectivity index (χ0v) is 15.8. The predicted octanol–water partition coefficient (Wildman–Crippen LogP) is 3.20. The van der Waals surface area contributed by atoms with Gasteiger partial charge in [0.05, 0.1) is 18.8 Å². The fourth-order valence-corrected chi connectivity index (χ4v) is 3.07. The van der Waals surface area contributed by atoms with Gasteiger partial charge in [-0.2, -0.15) is 0 Å². The molecule has 0 aliphatic carbocycles. The van der Waals surface area contributed by atoms with E-state index >= 15 is 0 Å². The number of guanidine groups is 1. The molecule has 1 aromatic carbocycles. The summed E-state index contributed by atoms with van der Waals surface area (Å²) in [6.45, 7) is 9.57. The molecule has 0 radical (unpaired) electrons. The topological polar surface area (TPSA) is 58.5 Å². The van der Waals surface area contributed by atoms with Crippen molar-refractivity contribution in [2.24, 2.45) is 4.99 Å². The highest BCUT2D eigenvalue weighted by atomic mass is 32.1. The molecule has 2 rings (SSSR count). The third kappa shape index (κ3) is 5.53. The molecule has 0 spiro atoms. The molecule has 6 heteroatoms. The van der Waals surface area contributed by atoms with Crippen LogP contribution in [0.3, 0.4) is 0 Å². The van der Waals surface area contributed by atoms with Crippen molar-refractivity contribution >= 4 is 17.3 Å². The first-order chi connectivity index (χ1) is 11.5. The zero-order valence-electron chi connectivity index (χ0n) is 15.0. The summed E-state index contributed by atoms with van der Waals surface area (Å²) in [6.07, 6.45) is 0.0368. The van der Waals surface area contributed by atoms with Crippen LogP contribution in [0.5, 0.6) is 5.75 Å². The lowest BCUT2D eigenvalue weighted by atomic mass is 10.2. The Hall–Kier alpha value is -2.08. The molecule has 0 aliphatic heterocycles. The maximum absolute atomic E-state index is 5.92. The van der Waals surface area contributed by atoms with Gasteiger partial charge in [0.2, 0.25) is 0 Å². The number of nitrogens with zero attached hydrogens (tertiary/aromatic N) is 2. The van der Waals surface area contributed by atoms with Gasteiger partial charge in [0.15, 0.2) is 5.96 Å². The molecular weight excluding hydrogens is 320 g/mol. The maximum atomic E-state index is 5.92. The van der Waals surface area contributed by atoms with Crippen molar-refractivity contribution in [3.8, 4) is 5.75 Å². The van der Waals surface area contributed by atoms with Gasteiger partial charge in [0.25, 0.3) is 0 Å². The molecule has 0 bridgehead atoms. The van der Waals surface area contributed by atoms with Crippen LogP contribution in [0.1, 0.15) is 28.1 Å². The van der Waals surface area contributed by atoms with Crippen LogP contribution in [-0.2, 0) is 6.54 Å². The third-order valence-electron chi connectivity index (χ3n) is 3.59. The van der Waals surface area contributed by atoms with Crippen molar-refractivity contribution in [2.75, 3.05) is 13.6 Å². The standard InChI is InChI=1S/C18H26N4OS/c1-12-7-6-8-16(9-12)23-13(2)10-20-18(19-5)21-11-17-22-14(3)15(4)24-17/h6-9,13H,10-11H2,1-5H3,(H2,19,20,21). The summed E-state index contributed by atoms with van der Waals surface area (Å²) in [5.74, 6) is 1.64. The minimum atomic E-state index is 0.0368. The largest absolute Gasteiger partial charge is 0.489 e. The number of aliphatic imine (C=N–C) groups is 1. The number of aryl methyl sites for hydroxylation is 3. The van der Waals surface area contributed by atoms with Crippen molar-refractivity contribution in [2.45, 2.75) is 40.3 Å². The Morgan fingerprint density at radius 2 is 2.08 bits per heavy atom. The molecule has 1 unspecified atom stereocenters. The van der Waals surface area contributed by atoms with Gasteiger partial charge in [-0.25, -0.2) is 4.98 Å². The maximum Gasteiger partial charge on any atom is 0.191 e. The molecule has 0 aliphatic rings. The number of hydrogen-bond acceptors (Lipinski definition) is 4. The van der Waals surface area contributed by atoms with Crippen molar-refractivity contribution in [1.82, 2.24) is 15.6 Å². The number of hydrogen-bond donors (Lipinski definition) is 2. The smallest absolute Gasteiger partial charge is 0.191 e. The summed E-state index contributed by atoms with van der Waals surface area (Å²) in [5.41, 5.74) is 2.29. The number of thiazole rings is 1. The van der Waals surface area contributed by atoms with E-state index in [0.29, 0.717) is 13.1 Å². The molecule has 24 heavy (non-hydrogen) atoms. The molecule has 2 N–H and O–H groups in total. The average molecular weight is 347 g/mol. The monoisotopic (exact) mass is 346 g/mol. The molecule has 2 aromatic rings. The van der Waals surface area contributed by atoms with E-state index in [2.05, 4.69) is 40.5 Å². The summed E-state index contributed by atoms with van der Waals surface area (Å²) >= 11 is 1.71. The average Bonchev–Trinajstić information content (AvgIpc) is 2.86. The first kappa shape index (κ1) is 18.3. The van der Waals surface area contributed by atoms with Crippen LogP contribution in [0.25, 0.3) is 0 Å². The van der Waals surface area contributed by atoms with Gasteiger partial charge < -0.3 is 15.4 Å². The Labute approximate surface area is 148 Å². The van der Waals surface area contributed by atoms with Crippen LogP contribution in [0, 0.1) is 20.8 Å². The molecule has 0 fully saturated rings. The van der Waals surface area contributed by atoms with Gasteiger partial charge in [-0.1, -0.05) is 12.1 Å². The van der Waals surface area contributed by atoms with Crippen LogP contribution >= 0.6 is 11.3 Å². The van der Waals surface area contributed by atoms with E-state index < -0.39 is 0 Å². The lowest BCUT2D eigenvalue weighted by molar-refractivity contribution is 0.223. The number of nitrogens with one attached hydrogen (secondary N) is 2. The summed E-state index contributed by atoms with van der Waals surface area (Å²) in [7, 11) is 1.76.